The third-order valence-electron chi connectivity index (χ3n) is 4.28. The van der Waals surface area contributed by atoms with Crippen molar-refractivity contribution in [3.63, 3.8) is 0 Å². The second kappa shape index (κ2) is 8.07. The number of nitrogens with two attached hydrogens (primary N) is 1. The first-order valence-corrected chi connectivity index (χ1v) is 9.71. The first kappa shape index (κ1) is 18.6. The minimum Gasteiger partial charge on any atom is -0.366 e. The molecule has 8 heteroatoms. The zero-order valence-electron chi connectivity index (χ0n) is 15.3. The Labute approximate surface area is 170 Å². The second-order valence-electron chi connectivity index (χ2n) is 6.28. The Morgan fingerprint density at radius 1 is 1.17 bits per heavy atom. The molecule has 0 atom stereocenters. The fourth-order valence-corrected chi connectivity index (χ4v) is 3.56. The summed E-state index contributed by atoms with van der Waals surface area (Å²) in [6, 6.07) is 12.8. The molecule has 144 valence electrons. The van der Waals surface area contributed by atoms with E-state index in [1.807, 2.05) is 41.8 Å². The van der Waals surface area contributed by atoms with E-state index in [0.717, 1.165) is 21.5 Å². The van der Waals surface area contributed by atoms with Crippen LogP contribution in [0.1, 0.15) is 16.1 Å². The van der Waals surface area contributed by atoms with Gasteiger partial charge in [0.25, 0.3) is 0 Å². The maximum Gasteiger partial charge on any atom is 0.249 e. The molecule has 3 heterocycles. The summed E-state index contributed by atoms with van der Waals surface area (Å²) < 4.78 is 0. The van der Waals surface area contributed by atoms with Gasteiger partial charge in [-0.15, -0.1) is 11.3 Å². The van der Waals surface area contributed by atoms with Crippen LogP contribution in [0.5, 0.6) is 0 Å². The third-order valence-corrected chi connectivity index (χ3v) is 5.06. The minimum absolute atomic E-state index is 0.182. The molecule has 0 saturated carbocycles. The molecule has 0 spiro atoms. The highest BCUT2D eigenvalue weighted by molar-refractivity contribution is 7.09. The molecular weight excluding hydrogens is 386 g/mol. The number of carbonyl (C=O) groups is 2. The van der Waals surface area contributed by atoms with Crippen LogP contribution in [0.2, 0.25) is 0 Å². The van der Waals surface area contributed by atoms with Gasteiger partial charge in [-0.05, 0) is 23.8 Å². The molecule has 0 radical (unpaired) electrons. The molecular formula is C21H17N5O2S. The van der Waals surface area contributed by atoms with Crippen LogP contribution in [0.25, 0.3) is 22.7 Å². The third kappa shape index (κ3) is 4.22. The lowest BCUT2D eigenvalue weighted by Gasteiger charge is -2.04. The van der Waals surface area contributed by atoms with E-state index >= 15 is 0 Å². The number of anilines is 1. The van der Waals surface area contributed by atoms with Crippen LogP contribution in [-0.2, 0) is 16.0 Å². The van der Waals surface area contributed by atoms with Gasteiger partial charge in [0.05, 0.1) is 6.42 Å². The number of benzene rings is 1. The number of hydrogen-bond donors (Lipinski definition) is 3. The number of aromatic amines is 1. The zero-order chi connectivity index (χ0) is 20.2. The molecule has 7 nitrogen and oxygen atoms in total. The molecule has 4 N–H and O–H groups in total. The van der Waals surface area contributed by atoms with Crippen molar-refractivity contribution in [3.05, 3.63) is 76.4 Å². The lowest BCUT2D eigenvalue weighted by Crippen LogP contribution is -2.15. The number of H-pyrrole nitrogens is 1. The highest BCUT2D eigenvalue weighted by Crippen LogP contribution is 2.24. The molecule has 29 heavy (non-hydrogen) atoms. The number of rotatable bonds is 6. The van der Waals surface area contributed by atoms with E-state index in [9.17, 15) is 9.59 Å². The number of nitrogens with one attached hydrogen (secondary N) is 2. The summed E-state index contributed by atoms with van der Waals surface area (Å²) in [4.78, 5) is 35.7. The molecule has 3 aromatic heterocycles. The van der Waals surface area contributed by atoms with E-state index < -0.39 is 5.91 Å². The van der Waals surface area contributed by atoms with Crippen molar-refractivity contribution < 1.29 is 9.59 Å². The molecule has 0 aliphatic rings. The predicted molar refractivity (Wildman–Crippen MR) is 114 cm³/mol. The van der Waals surface area contributed by atoms with Gasteiger partial charge in [0.1, 0.15) is 16.5 Å². The summed E-state index contributed by atoms with van der Waals surface area (Å²) >= 11 is 1.43. The van der Waals surface area contributed by atoms with Crippen LogP contribution < -0.4 is 11.1 Å². The minimum atomic E-state index is -0.510. The number of fused-ring (bicyclic) bond motifs is 1. The number of primary amides is 1. The summed E-state index contributed by atoms with van der Waals surface area (Å²) in [7, 11) is 0. The Kier molecular flexibility index (Phi) is 5.17. The number of carbonyl (C=O) groups excluding carboxylic acids is 2. The van der Waals surface area contributed by atoms with Crippen molar-refractivity contribution >= 4 is 51.7 Å². The van der Waals surface area contributed by atoms with Gasteiger partial charge in [-0.1, -0.05) is 30.3 Å². The Morgan fingerprint density at radius 3 is 2.72 bits per heavy atom. The van der Waals surface area contributed by atoms with Crippen molar-refractivity contribution in [2.45, 2.75) is 6.42 Å². The molecule has 0 aliphatic heterocycles. The Bertz CT molecular complexity index is 1200. The van der Waals surface area contributed by atoms with E-state index in [1.54, 1.807) is 24.5 Å². The Balaban J connectivity index is 1.59. The van der Waals surface area contributed by atoms with Crippen molar-refractivity contribution in [1.29, 1.82) is 0 Å². The van der Waals surface area contributed by atoms with Crippen molar-refractivity contribution in [3.8, 4) is 0 Å². The molecule has 4 aromatic rings. The molecule has 0 unspecified atom stereocenters. The number of pyridine rings is 1. The van der Waals surface area contributed by atoms with Gasteiger partial charge in [0.15, 0.2) is 0 Å². The monoisotopic (exact) mass is 403 g/mol. The zero-order valence-corrected chi connectivity index (χ0v) is 16.1. The summed E-state index contributed by atoms with van der Waals surface area (Å²) in [6.07, 6.45) is 5.36. The fraction of sp³-hybridized carbons (Fsp3) is 0.0476. The highest BCUT2D eigenvalue weighted by atomic mass is 32.1. The number of aromatic nitrogens is 3. The quantitative estimate of drug-likeness (QED) is 0.429. The van der Waals surface area contributed by atoms with Crippen molar-refractivity contribution in [2.24, 2.45) is 5.73 Å². The van der Waals surface area contributed by atoms with Crippen LogP contribution in [0.4, 0.5) is 5.82 Å². The summed E-state index contributed by atoms with van der Waals surface area (Å²) in [6.45, 7) is 0. The number of hydrogen-bond acceptors (Lipinski definition) is 5. The molecule has 1 aromatic carbocycles. The largest absolute Gasteiger partial charge is 0.366 e. The van der Waals surface area contributed by atoms with E-state index in [1.165, 1.54) is 11.3 Å². The normalized spacial score (nSPS) is 11.5. The molecule has 0 fully saturated rings. The summed E-state index contributed by atoms with van der Waals surface area (Å²) in [5.41, 5.74) is 8.11. The topological polar surface area (TPSA) is 114 Å². The average Bonchev–Trinajstić information content (AvgIpc) is 3.36. The van der Waals surface area contributed by atoms with Crippen molar-refractivity contribution in [2.75, 3.05) is 5.32 Å². The standard InChI is InChI=1S/C21H17N5O2S/c22-20(28)16(13-4-2-1-3-5-13)10-14-12-24-21-15(14)6-7-17(26-21)25-18(27)11-19-23-8-9-29-19/h1-10,12H,11H2,(H2,22,28)(H2,24,25,26,27)/b16-10-. The van der Waals surface area contributed by atoms with E-state index in [2.05, 4.69) is 20.3 Å². The van der Waals surface area contributed by atoms with Crippen LogP contribution in [0.3, 0.4) is 0 Å². The lowest BCUT2D eigenvalue weighted by molar-refractivity contribution is -0.115. The molecule has 0 saturated heterocycles. The SMILES string of the molecule is NC(=O)/C(=C\c1c[nH]c2nc(NC(=O)Cc3nccs3)ccc12)c1ccccc1. The second-order valence-corrected chi connectivity index (χ2v) is 7.25. The van der Waals surface area contributed by atoms with E-state index in [-0.39, 0.29) is 12.3 Å². The molecule has 0 bridgehead atoms. The van der Waals surface area contributed by atoms with Crippen LogP contribution in [-0.4, -0.2) is 26.8 Å². The number of amides is 2. The smallest absolute Gasteiger partial charge is 0.249 e. The highest BCUT2D eigenvalue weighted by Gasteiger charge is 2.12. The van der Waals surface area contributed by atoms with E-state index in [0.29, 0.717) is 17.0 Å². The summed E-state index contributed by atoms with van der Waals surface area (Å²) in [5.74, 6) is -0.252. The van der Waals surface area contributed by atoms with Crippen molar-refractivity contribution in [1.82, 2.24) is 15.0 Å². The van der Waals surface area contributed by atoms with Gasteiger partial charge in [0, 0.05) is 34.3 Å². The van der Waals surface area contributed by atoms with Gasteiger partial charge < -0.3 is 16.0 Å². The predicted octanol–water partition coefficient (Wildman–Crippen LogP) is 3.23. The molecule has 2 amide bonds. The number of nitrogens with zero attached hydrogens (tertiary/aromatic N) is 2. The van der Waals surface area contributed by atoms with Gasteiger partial charge >= 0.3 is 0 Å². The van der Waals surface area contributed by atoms with Gasteiger partial charge in [-0.25, -0.2) is 9.97 Å². The molecule has 4 rings (SSSR count). The Morgan fingerprint density at radius 2 is 2.00 bits per heavy atom. The van der Waals surface area contributed by atoms with Crippen LogP contribution in [0.15, 0.2) is 60.2 Å². The Hall–Kier alpha value is -3.78. The molecule has 0 aliphatic carbocycles. The van der Waals surface area contributed by atoms with E-state index in [4.69, 9.17) is 5.73 Å². The fourth-order valence-electron chi connectivity index (χ4n) is 2.95. The lowest BCUT2D eigenvalue weighted by atomic mass is 10.0. The van der Waals surface area contributed by atoms with Crippen LogP contribution >= 0.6 is 11.3 Å². The average molecular weight is 403 g/mol. The maximum atomic E-state index is 12.1. The first-order chi connectivity index (χ1) is 14.1. The van der Waals surface area contributed by atoms with Gasteiger partial charge in [0.2, 0.25) is 11.8 Å². The number of thiazole rings is 1. The maximum absolute atomic E-state index is 12.1. The summed E-state index contributed by atoms with van der Waals surface area (Å²) in [5, 5.41) is 6.17. The van der Waals surface area contributed by atoms with Gasteiger partial charge in [-0.2, -0.15) is 0 Å². The van der Waals surface area contributed by atoms with Crippen LogP contribution in [0, 0.1) is 0 Å². The van der Waals surface area contributed by atoms with Gasteiger partial charge in [-0.3, -0.25) is 9.59 Å². The first-order valence-electron chi connectivity index (χ1n) is 8.83.